The van der Waals surface area contributed by atoms with Gasteiger partial charge >= 0.3 is 0 Å². The molecule has 0 saturated carbocycles. The molecule has 0 aliphatic rings. The molecule has 0 bridgehead atoms. The Balaban J connectivity index is 2.39. The Morgan fingerprint density at radius 1 is 1.07 bits per heavy atom. The molecule has 0 saturated heterocycles. The molecule has 6 heteroatoms. The van der Waals surface area contributed by atoms with Crippen molar-refractivity contribution in [2.45, 2.75) is 26.4 Å². The highest BCUT2D eigenvalue weighted by Gasteiger charge is 2.32. The van der Waals surface area contributed by atoms with Crippen molar-refractivity contribution in [1.29, 1.82) is 0 Å². The average molecular weight is 403 g/mol. The number of carbonyl (C=O) groups is 2. The van der Waals surface area contributed by atoms with Crippen LogP contribution in [-0.2, 0) is 20.9 Å². The predicted octanol–water partition coefficient (Wildman–Crippen LogP) is 3.83. The summed E-state index contributed by atoms with van der Waals surface area (Å²) in [6, 6.07) is 15.9. The maximum absolute atomic E-state index is 13.1. The lowest BCUT2D eigenvalue weighted by Gasteiger charge is -2.33. The number of hydrogen-bond donors (Lipinski definition) is 1. The molecule has 2 rings (SSSR count). The third-order valence-corrected chi connectivity index (χ3v) is 4.58. The van der Waals surface area contributed by atoms with Gasteiger partial charge in [-0.15, -0.1) is 0 Å². The molecule has 0 aliphatic carbocycles. The van der Waals surface area contributed by atoms with E-state index in [2.05, 4.69) is 5.32 Å². The Hall–Kier alpha value is -2.37. The van der Waals surface area contributed by atoms with Crippen LogP contribution < -0.4 is 5.32 Å². The molecule has 5 nitrogen and oxygen atoms in total. The number of rotatable bonds is 9. The SMILES string of the molecule is COCCNC(=O)[C@H](c1ccccc1)N(Cc1ccc(Cl)cc1)C(=O)C(C)C. The number of amides is 2. The van der Waals surface area contributed by atoms with Gasteiger partial charge in [-0.2, -0.15) is 0 Å². The van der Waals surface area contributed by atoms with Crippen LogP contribution in [0.1, 0.15) is 31.0 Å². The third-order valence-electron chi connectivity index (χ3n) is 4.32. The van der Waals surface area contributed by atoms with Crippen molar-refractivity contribution in [2.24, 2.45) is 5.92 Å². The molecular weight excluding hydrogens is 376 g/mol. The molecule has 150 valence electrons. The molecule has 0 unspecified atom stereocenters. The Morgan fingerprint density at radius 2 is 1.71 bits per heavy atom. The zero-order valence-electron chi connectivity index (χ0n) is 16.5. The van der Waals surface area contributed by atoms with E-state index >= 15 is 0 Å². The Kier molecular flexibility index (Phi) is 8.48. The van der Waals surface area contributed by atoms with Crippen molar-refractivity contribution in [1.82, 2.24) is 10.2 Å². The molecule has 1 N–H and O–H groups in total. The van der Waals surface area contributed by atoms with E-state index in [4.69, 9.17) is 16.3 Å². The highest BCUT2D eigenvalue weighted by Crippen LogP contribution is 2.26. The summed E-state index contributed by atoms with van der Waals surface area (Å²) in [5.41, 5.74) is 1.67. The number of nitrogens with zero attached hydrogens (tertiary/aromatic N) is 1. The molecule has 0 fully saturated rings. The molecule has 0 aromatic heterocycles. The molecule has 0 radical (unpaired) electrons. The van der Waals surface area contributed by atoms with Gasteiger partial charge in [0, 0.05) is 31.1 Å². The number of halogens is 1. The second-order valence-electron chi connectivity index (χ2n) is 6.84. The Bertz CT molecular complexity index is 763. The topological polar surface area (TPSA) is 58.6 Å². The average Bonchev–Trinajstić information content (AvgIpc) is 2.69. The molecular formula is C22H27ClN2O3. The summed E-state index contributed by atoms with van der Waals surface area (Å²) >= 11 is 5.98. The molecule has 0 aliphatic heterocycles. The van der Waals surface area contributed by atoms with E-state index in [-0.39, 0.29) is 17.7 Å². The zero-order valence-corrected chi connectivity index (χ0v) is 17.3. The number of methoxy groups -OCH3 is 1. The number of carbonyl (C=O) groups excluding carboxylic acids is 2. The van der Waals surface area contributed by atoms with Crippen LogP contribution in [0.15, 0.2) is 54.6 Å². The zero-order chi connectivity index (χ0) is 20.5. The minimum atomic E-state index is -0.733. The second kappa shape index (κ2) is 10.8. The summed E-state index contributed by atoms with van der Waals surface area (Å²) in [6.07, 6.45) is 0. The summed E-state index contributed by atoms with van der Waals surface area (Å²) < 4.78 is 5.02. The van der Waals surface area contributed by atoms with Crippen molar-refractivity contribution < 1.29 is 14.3 Å². The summed E-state index contributed by atoms with van der Waals surface area (Å²) in [5.74, 6) is -0.567. The van der Waals surface area contributed by atoms with Gasteiger partial charge in [-0.1, -0.05) is 67.9 Å². The molecule has 1 atom stereocenters. The van der Waals surface area contributed by atoms with Crippen LogP contribution in [0.2, 0.25) is 5.02 Å². The fourth-order valence-corrected chi connectivity index (χ4v) is 3.02. The van der Waals surface area contributed by atoms with Crippen LogP contribution in [0.5, 0.6) is 0 Å². The van der Waals surface area contributed by atoms with Crippen molar-refractivity contribution in [2.75, 3.05) is 20.3 Å². The van der Waals surface area contributed by atoms with E-state index in [1.54, 1.807) is 24.1 Å². The highest BCUT2D eigenvalue weighted by atomic mass is 35.5. The first kappa shape index (κ1) is 21.9. The third kappa shape index (κ3) is 6.08. The lowest BCUT2D eigenvalue weighted by molar-refractivity contribution is -0.144. The number of ether oxygens (including phenoxy) is 1. The summed E-state index contributed by atoms with van der Waals surface area (Å²) in [5, 5.41) is 3.50. The Labute approximate surface area is 171 Å². The van der Waals surface area contributed by atoms with Crippen molar-refractivity contribution in [3.8, 4) is 0 Å². The van der Waals surface area contributed by atoms with E-state index in [0.29, 0.717) is 24.7 Å². The first-order valence-electron chi connectivity index (χ1n) is 9.30. The van der Waals surface area contributed by atoms with Crippen LogP contribution in [0.25, 0.3) is 0 Å². The fourth-order valence-electron chi connectivity index (χ4n) is 2.90. The molecule has 2 aromatic carbocycles. The largest absolute Gasteiger partial charge is 0.383 e. The standard InChI is InChI=1S/C22H27ClN2O3/c1-16(2)22(27)25(15-17-9-11-19(23)12-10-17)20(18-7-5-4-6-8-18)21(26)24-13-14-28-3/h4-12,16,20H,13-15H2,1-3H3,(H,24,26)/t20-/m0/s1. The van der Waals surface area contributed by atoms with Crippen molar-refractivity contribution in [3.05, 3.63) is 70.7 Å². The number of hydrogen-bond acceptors (Lipinski definition) is 3. The quantitative estimate of drug-likeness (QED) is 0.648. The van der Waals surface area contributed by atoms with E-state index in [1.165, 1.54) is 0 Å². The van der Waals surface area contributed by atoms with Gasteiger partial charge in [0.2, 0.25) is 11.8 Å². The smallest absolute Gasteiger partial charge is 0.247 e. The van der Waals surface area contributed by atoms with Crippen LogP contribution in [0.3, 0.4) is 0 Å². The molecule has 0 spiro atoms. The molecule has 28 heavy (non-hydrogen) atoms. The minimum Gasteiger partial charge on any atom is -0.383 e. The van der Waals surface area contributed by atoms with Crippen molar-refractivity contribution >= 4 is 23.4 Å². The number of nitrogens with one attached hydrogen (secondary N) is 1. The maximum Gasteiger partial charge on any atom is 0.247 e. The normalized spacial score (nSPS) is 11.9. The second-order valence-corrected chi connectivity index (χ2v) is 7.28. The lowest BCUT2D eigenvalue weighted by Crippen LogP contribution is -2.45. The van der Waals surface area contributed by atoms with Gasteiger partial charge < -0.3 is 15.0 Å². The van der Waals surface area contributed by atoms with Crippen molar-refractivity contribution in [3.63, 3.8) is 0 Å². The van der Waals surface area contributed by atoms with Crippen LogP contribution >= 0.6 is 11.6 Å². The fraction of sp³-hybridized carbons (Fsp3) is 0.364. The van der Waals surface area contributed by atoms with Gasteiger partial charge in [0.1, 0.15) is 6.04 Å². The first-order chi connectivity index (χ1) is 13.4. The van der Waals surface area contributed by atoms with Gasteiger partial charge in [0.05, 0.1) is 6.61 Å². The van der Waals surface area contributed by atoms with Gasteiger partial charge in [-0.25, -0.2) is 0 Å². The van der Waals surface area contributed by atoms with Gasteiger partial charge in [0.15, 0.2) is 0 Å². The summed E-state index contributed by atoms with van der Waals surface area (Å²) in [7, 11) is 1.58. The Morgan fingerprint density at radius 3 is 2.29 bits per heavy atom. The highest BCUT2D eigenvalue weighted by molar-refractivity contribution is 6.30. The van der Waals surface area contributed by atoms with Crippen LogP contribution in [0, 0.1) is 5.92 Å². The molecule has 2 amide bonds. The van der Waals surface area contributed by atoms with Gasteiger partial charge in [-0.3, -0.25) is 9.59 Å². The van der Waals surface area contributed by atoms with Crippen LogP contribution in [0.4, 0.5) is 0 Å². The van der Waals surface area contributed by atoms with E-state index < -0.39 is 6.04 Å². The van der Waals surface area contributed by atoms with Crippen LogP contribution in [-0.4, -0.2) is 37.0 Å². The van der Waals surface area contributed by atoms with Gasteiger partial charge in [0.25, 0.3) is 0 Å². The number of benzene rings is 2. The van der Waals surface area contributed by atoms with E-state index in [9.17, 15) is 9.59 Å². The monoisotopic (exact) mass is 402 g/mol. The molecule has 0 heterocycles. The van der Waals surface area contributed by atoms with Gasteiger partial charge in [-0.05, 0) is 23.3 Å². The maximum atomic E-state index is 13.1. The molecule has 2 aromatic rings. The summed E-state index contributed by atoms with van der Waals surface area (Å²) in [6.45, 7) is 4.77. The summed E-state index contributed by atoms with van der Waals surface area (Å²) in [4.78, 5) is 27.7. The van der Waals surface area contributed by atoms with E-state index in [0.717, 1.165) is 11.1 Å². The predicted molar refractivity (Wildman–Crippen MR) is 111 cm³/mol. The first-order valence-corrected chi connectivity index (χ1v) is 9.68. The van der Waals surface area contributed by atoms with E-state index in [1.807, 2.05) is 56.3 Å². The lowest BCUT2D eigenvalue weighted by atomic mass is 10.0. The minimum absolute atomic E-state index is 0.0919.